The van der Waals surface area contributed by atoms with Crippen molar-refractivity contribution in [3.8, 4) is 17.0 Å². The van der Waals surface area contributed by atoms with Crippen molar-refractivity contribution in [2.24, 2.45) is 0 Å². The van der Waals surface area contributed by atoms with E-state index in [9.17, 15) is 0 Å². The van der Waals surface area contributed by atoms with Gasteiger partial charge in [0.2, 0.25) is 0 Å². The predicted octanol–water partition coefficient (Wildman–Crippen LogP) is 4.01. The molecule has 0 amide bonds. The Morgan fingerprint density at radius 1 is 1.42 bits per heavy atom. The lowest BCUT2D eigenvalue weighted by Crippen LogP contribution is -2.29. The number of nitrogens with one attached hydrogen (secondary N) is 1. The molecule has 0 aliphatic carbocycles. The lowest BCUT2D eigenvalue weighted by Gasteiger charge is -2.26. The third-order valence-corrected chi connectivity index (χ3v) is 4.31. The number of nitrogens with zero attached hydrogens (tertiary/aromatic N) is 1. The van der Waals surface area contributed by atoms with E-state index in [1.807, 2.05) is 13.0 Å². The second kappa shape index (κ2) is 4.85. The lowest BCUT2D eigenvalue weighted by atomic mass is 10.1. The first kappa shape index (κ1) is 12.5. The van der Waals surface area contributed by atoms with Gasteiger partial charge in [-0.1, -0.05) is 6.92 Å². The van der Waals surface area contributed by atoms with Gasteiger partial charge in [-0.25, -0.2) is 4.98 Å². The van der Waals surface area contributed by atoms with Crippen LogP contribution in [0.4, 0.5) is 5.69 Å². The summed E-state index contributed by atoms with van der Waals surface area (Å²) in [7, 11) is 0. The van der Waals surface area contributed by atoms with E-state index in [1.54, 1.807) is 11.3 Å². The molecule has 3 nitrogen and oxygen atoms in total. The number of benzene rings is 1. The Hall–Kier alpha value is -1.55. The van der Waals surface area contributed by atoms with Crippen LogP contribution in [0.5, 0.6) is 5.75 Å². The average Bonchev–Trinajstić information content (AvgIpc) is 2.76. The molecule has 1 N–H and O–H groups in total. The number of aromatic nitrogens is 1. The molecule has 4 heteroatoms. The summed E-state index contributed by atoms with van der Waals surface area (Å²) in [6.45, 7) is 7.19. The number of rotatable bonds is 2. The summed E-state index contributed by atoms with van der Waals surface area (Å²) in [6.07, 6.45) is 1.31. The van der Waals surface area contributed by atoms with Crippen LogP contribution in [0.15, 0.2) is 18.2 Å². The molecule has 3 rings (SSSR count). The quantitative estimate of drug-likeness (QED) is 0.898. The molecule has 0 bridgehead atoms. The van der Waals surface area contributed by atoms with Crippen molar-refractivity contribution < 1.29 is 4.74 Å². The summed E-state index contributed by atoms with van der Waals surface area (Å²) >= 11 is 1.74. The molecule has 1 atom stereocenters. The number of hydrogen-bond acceptors (Lipinski definition) is 4. The van der Waals surface area contributed by atoms with Crippen molar-refractivity contribution in [2.75, 3.05) is 11.9 Å². The molecular formula is C15H18N2OS. The highest BCUT2D eigenvalue weighted by molar-refractivity contribution is 7.11. The first-order chi connectivity index (χ1) is 9.17. The Labute approximate surface area is 117 Å². The van der Waals surface area contributed by atoms with Crippen LogP contribution >= 0.6 is 11.3 Å². The van der Waals surface area contributed by atoms with Gasteiger partial charge in [-0.3, -0.25) is 0 Å². The lowest BCUT2D eigenvalue weighted by molar-refractivity contribution is 0.202. The van der Waals surface area contributed by atoms with Gasteiger partial charge >= 0.3 is 0 Å². The monoisotopic (exact) mass is 274 g/mol. The maximum atomic E-state index is 5.93. The largest absolute Gasteiger partial charge is 0.486 e. The number of hydrogen-bond donors (Lipinski definition) is 1. The maximum Gasteiger partial charge on any atom is 0.142 e. The van der Waals surface area contributed by atoms with E-state index >= 15 is 0 Å². The van der Waals surface area contributed by atoms with Gasteiger partial charge in [-0.2, -0.15) is 0 Å². The molecule has 0 radical (unpaired) electrons. The van der Waals surface area contributed by atoms with Gasteiger partial charge in [0.1, 0.15) is 11.9 Å². The van der Waals surface area contributed by atoms with Gasteiger partial charge in [-0.15, -0.1) is 11.3 Å². The van der Waals surface area contributed by atoms with Crippen LogP contribution < -0.4 is 10.1 Å². The molecule has 0 saturated carbocycles. The minimum atomic E-state index is 0.279. The van der Waals surface area contributed by atoms with E-state index in [0.717, 1.165) is 40.7 Å². The number of aryl methyl sites for hydroxylation is 2. The van der Waals surface area contributed by atoms with Crippen molar-refractivity contribution in [1.82, 2.24) is 4.98 Å². The smallest absolute Gasteiger partial charge is 0.142 e. The molecule has 1 aromatic carbocycles. The molecule has 2 aromatic rings. The standard InChI is InChI=1S/C15H18N2OS/c1-4-12-8-16-13-7-11(5-6-14(13)18-12)15-9(2)19-10(3)17-15/h5-7,12,16H,4,8H2,1-3H3. The minimum absolute atomic E-state index is 0.279. The van der Waals surface area contributed by atoms with Crippen LogP contribution in [0, 0.1) is 13.8 Å². The molecule has 2 heterocycles. The first-order valence-corrected chi connectivity index (χ1v) is 7.48. The molecule has 1 unspecified atom stereocenters. The van der Waals surface area contributed by atoms with E-state index in [4.69, 9.17) is 4.74 Å². The van der Waals surface area contributed by atoms with Crippen LogP contribution in [-0.2, 0) is 0 Å². The molecule has 1 aromatic heterocycles. The van der Waals surface area contributed by atoms with Crippen molar-refractivity contribution in [1.29, 1.82) is 0 Å². The molecular weight excluding hydrogens is 256 g/mol. The van der Waals surface area contributed by atoms with E-state index in [2.05, 4.69) is 36.3 Å². The summed E-state index contributed by atoms with van der Waals surface area (Å²) in [4.78, 5) is 5.87. The van der Waals surface area contributed by atoms with Crippen LogP contribution in [0.25, 0.3) is 11.3 Å². The SMILES string of the molecule is CCC1CNc2cc(-c3nc(C)sc3C)ccc2O1. The van der Waals surface area contributed by atoms with E-state index in [0.29, 0.717) is 0 Å². The average molecular weight is 274 g/mol. The van der Waals surface area contributed by atoms with Crippen molar-refractivity contribution in [2.45, 2.75) is 33.3 Å². The molecule has 100 valence electrons. The van der Waals surface area contributed by atoms with Gasteiger partial charge in [0.25, 0.3) is 0 Å². The zero-order chi connectivity index (χ0) is 13.4. The van der Waals surface area contributed by atoms with Crippen LogP contribution in [0.3, 0.4) is 0 Å². The minimum Gasteiger partial charge on any atom is -0.486 e. The molecule has 1 aliphatic heterocycles. The highest BCUT2D eigenvalue weighted by Gasteiger charge is 2.18. The predicted molar refractivity (Wildman–Crippen MR) is 80.2 cm³/mol. The molecule has 1 aliphatic rings. The van der Waals surface area contributed by atoms with Gasteiger partial charge in [0, 0.05) is 10.4 Å². The molecule has 0 fully saturated rings. The fourth-order valence-corrected chi connectivity index (χ4v) is 3.23. The molecule has 19 heavy (non-hydrogen) atoms. The summed E-state index contributed by atoms with van der Waals surface area (Å²) in [5.41, 5.74) is 3.32. The Kier molecular flexibility index (Phi) is 3.19. The van der Waals surface area contributed by atoms with Crippen LogP contribution in [0.1, 0.15) is 23.2 Å². The normalized spacial score (nSPS) is 17.5. The highest BCUT2D eigenvalue weighted by Crippen LogP contribution is 2.35. The van der Waals surface area contributed by atoms with Crippen molar-refractivity contribution in [3.05, 3.63) is 28.1 Å². The van der Waals surface area contributed by atoms with Gasteiger partial charge in [0.05, 0.1) is 22.9 Å². The zero-order valence-electron chi connectivity index (χ0n) is 11.5. The fourth-order valence-electron chi connectivity index (χ4n) is 2.39. The summed E-state index contributed by atoms with van der Waals surface area (Å²) < 4.78 is 5.93. The third-order valence-electron chi connectivity index (χ3n) is 3.43. The van der Waals surface area contributed by atoms with Crippen LogP contribution in [-0.4, -0.2) is 17.6 Å². The molecule has 0 spiro atoms. The first-order valence-electron chi connectivity index (χ1n) is 6.66. The second-order valence-electron chi connectivity index (χ2n) is 4.88. The van der Waals surface area contributed by atoms with Gasteiger partial charge in [-0.05, 0) is 38.5 Å². The van der Waals surface area contributed by atoms with Crippen molar-refractivity contribution >= 4 is 17.0 Å². The number of thiazole rings is 1. The number of anilines is 1. The maximum absolute atomic E-state index is 5.93. The molecule has 0 saturated heterocycles. The van der Waals surface area contributed by atoms with Crippen LogP contribution in [0.2, 0.25) is 0 Å². The van der Waals surface area contributed by atoms with Gasteiger partial charge in [0.15, 0.2) is 0 Å². The summed E-state index contributed by atoms with van der Waals surface area (Å²) in [5, 5.41) is 4.56. The zero-order valence-corrected chi connectivity index (χ0v) is 12.3. The Morgan fingerprint density at radius 3 is 2.95 bits per heavy atom. The Balaban J connectivity index is 1.96. The highest BCUT2D eigenvalue weighted by atomic mass is 32.1. The number of ether oxygens (including phenoxy) is 1. The Morgan fingerprint density at radius 2 is 2.26 bits per heavy atom. The Bertz CT molecular complexity index is 606. The van der Waals surface area contributed by atoms with Crippen molar-refractivity contribution in [3.63, 3.8) is 0 Å². The third kappa shape index (κ3) is 2.32. The van der Waals surface area contributed by atoms with Gasteiger partial charge < -0.3 is 10.1 Å². The summed E-state index contributed by atoms with van der Waals surface area (Å²) in [6, 6.07) is 6.29. The van der Waals surface area contributed by atoms with E-state index < -0.39 is 0 Å². The van der Waals surface area contributed by atoms with E-state index in [1.165, 1.54) is 4.88 Å². The van der Waals surface area contributed by atoms with E-state index in [-0.39, 0.29) is 6.10 Å². The second-order valence-corrected chi connectivity index (χ2v) is 6.28. The number of fused-ring (bicyclic) bond motifs is 1. The summed E-state index contributed by atoms with van der Waals surface area (Å²) in [5.74, 6) is 0.950. The topological polar surface area (TPSA) is 34.2 Å². The fraction of sp³-hybridized carbons (Fsp3) is 0.400.